The SMILES string of the molecule is N=C(N)Nc1ccc(Br)cc1[N+](=O)[O-]. The normalized spacial score (nSPS) is 9.50. The summed E-state index contributed by atoms with van der Waals surface area (Å²) in [5, 5.41) is 19.9. The Labute approximate surface area is 87.9 Å². The first-order valence-corrected chi connectivity index (χ1v) is 4.35. The molecule has 14 heavy (non-hydrogen) atoms. The Morgan fingerprint density at radius 1 is 1.64 bits per heavy atom. The lowest BCUT2D eigenvalue weighted by molar-refractivity contribution is -0.384. The monoisotopic (exact) mass is 258 g/mol. The van der Waals surface area contributed by atoms with Crippen molar-refractivity contribution in [2.75, 3.05) is 5.32 Å². The maximum Gasteiger partial charge on any atom is 0.293 e. The Balaban J connectivity index is 3.14. The van der Waals surface area contributed by atoms with Gasteiger partial charge < -0.3 is 11.1 Å². The number of hydrogen-bond acceptors (Lipinski definition) is 3. The zero-order valence-electron chi connectivity index (χ0n) is 6.95. The average molecular weight is 259 g/mol. The fraction of sp³-hybridized carbons (Fsp3) is 0. The molecule has 0 amide bonds. The number of hydrogen-bond donors (Lipinski definition) is 3. The number of rotatable bonds is 2. The van der Waals surface area contributed by atoms with Crippen molar-refractivity contribution in [2.45, 2.75) is 0 Å². The highest BCUT2D eigenvalue weighted by Crippen LogP contribution is 2.27. The third-order valence-electron chi connectivity index (χ3n) is 1.43. The number of benzene rings is 1. The van der Waals surface area contributed by atoms with Crippen molar-refractivity contribution >= 4 is 33.3 Å². The molecule has 7 heteroatoms. The second-order valence-electron chi connectivity index (χ2n) is 2.46. The summed E-state index contributed by atoms with van der Waals surface area (Å²) in [5.41, 5.74) is 5.14. The van der Waals surface area contributed by atoms with Gasteiger partial charge in [0.05, 0.1) is 4.92 Å². The van der Waals surface area contributed by atoms with Crippen LogP contribution in [0.15, 0.2) is 22.7 Å². The van der Waals surface area contributed by atoms with E-state index in [2.05, 4.69) is 21.2 Å². The van der Waals surface area contributed by atoms with Crippen molar-refractivity contribution in [1.29, 1.82) is 5.41 Å². The Morgan fingerprint density at radius 3 is 2.79 bits per heavy atom. The van der Waals surface area contributed by atoms with E-state index in [1.54, 1.807) is 6.07 Å². The molecular weight excluding hydrogens is 252 g/mol. The first-order chi connectivity index (χ1) is 6.50. The van der Waals surface area contributed by atoms with E-state index < -0.39 is 4.92 Å². The lowest BCUT2D eigenvalue weighted by atomic mass is 10.3. The molecular formula is C7H7BrN4O2. The van der Waals surface area contributed by atoms with E-state index >= 15 is 0 Å². The topological polar surface area (TPSA) is 105 Å². The molecule has 0 fully saturated rings. The number of halogens is 1. The van der Waals surface area contributed by atoms with Crippen LogP contribution in [0.5, 0.6) is 0 Å². The lowest BCUT2D eigenvalue weighted by Gasteiger charge is -2.04. The molecule has 1 rings (SSSR count). The van der Waals surface area contributed by atoms with E-state index in [1.165, 1.54) is 12.1 Å². The summed E-state index contributed by atoms with van der Waals surface area (Å²) in [7, 11) is 0. The highest BCUT2D eigenvalue weighted by Gasteiger charge is 2.13. The minimum Gasteiger partial charge on any atom is -0.370 e. The number of nitrogens with one attached hydrogen (secondary N) is 2. The molecule has 4 N–H and O–H groups in total. The number of nitrogens with two attached hydrogens (primary N) is 1. The van der Waals surface area contributed by atoms with Gasteiger partial charge in [-0.3, -0.25) is 15.5 Å². The van der Waals surface area contributed by atoms with Gasteiger partial charge >= 0.3 is 0 Å². The molecule has 0 saturated heterocycles. The minimum absolute atomic E-state index is 0.130. The fourth-order valence-corrected chi connectivity index (χ4v) is 1.26. The van der Waals surface area contributed by atoms with Gasteiger partial charge in [0.15, 0.2) is 5.96 Å². The highest BCUT2D eigenvalue weighted by atomic mass is 79.9. The van der Waals surface area contributed by atoms with Crippen molar-refractivity contribution in [3.05, 3.63) is 32.8 Å². The van der Waals surface area contributed by atoms with Crippen molar-refractivity contribution in [3.8, 4) is 0 Å². The van der Waals surface area contributed by atoms with Gasteiger partial charge in [0, 0.05) is 10.5 Å². The second-order valence-corrected chi connectivity index (χ2v) is 3.37. The van der Waals surface area contributed by atoms with Crippen LogP contribution in [0.1, 0.15) is 0 Å². The van der Waals surface area contributed by atoms with Crippen molar-refractivity contribution in [2.24, 2.45) is 5.73 Å². The van der Waals surface area contributed by atoms with E-state index in [4.69, 9.17) is 11.1 Å². The van der Waals surface area contributed by atoms with Crippen molar-refractivity contribution in [1.82, 2.24) is 0 Å². The van der Waals surface area contributed by atoms with E-state index in [1.807, 2.05) is 0 Å². The van der Waals surface area contributed by atoms with E-state index in [0.717, 1.165) is 0 Å². The van der Waals surface area contributed by atoms with Crippen LogP contribution < -0.4 is 11.1 Å². The van der Waals surface area contributed by atoms with Crippen molar-refractivity contribution < 1.29 is 4.92 Å². The molecule has 1 aromatic carbocycles. The Hall–Kier alpha value is -1.63. The Bertz CT molecular complexity index is 393. The molecule has 0 aromatic heterocycles. The molecule has 0 heterocycles. The van der Waals surface area contributed by atoms with Crippen molar-refractivity contribution in [3.63, 3.8) is 0 Å². The van der Waals surface area contributed by atoms with Crippen LogP contribution in [0.4, 0.5) is 11.4 Å². The molecule has 6 nitrogen and oxygen atoms in total. The largest absolute Gasteiger partial charge is 0.370 e. The standard InChI is InChI=1S/C7H7BrN4O2/c8-4-1-2-5(11-7(9)10)6(3-4)12(13)14/h1-3H,(H4,9,10,11). The third-order valence-corrected chi connectivity index (χ3v) is 1.92. The molecule has 0 radical (unpaired) electrons. The average Bonchev–Trinajstić information content (AvgIpc) is 2.07. The van der Waals surface area contributed by atoms with Gasteiger partial charge in [0.1, 0.15) is 5.69 Å². The maximum atomic E-state index is 10.6. The predicted octanol–water partition coefficient (Wildman–Crippen LogP) is 1.66. The summed E-state index contributed by atoms with van der Waals surface area (Å²) in [6.07, 6.45) is 0. The number of nitro benzene ring substituents is 1. The Kier molecular flexibility index (Phi) is 3.03. The number of anilines is 1. The summed E-state index contributed by atoms with van der Waals surface area (Å²) in [6.45, 7) is 0. The predicted molar refractivity (Wildman–Crippen MR) is 56.3 cm³/mol. The molecule has 74 valence electrons. The van der Waals surface area contributed by atoms with E-state index in [9.17, 15) is 10.1 Å². The van der Waals surface area contributed by atoms with Gasteiger partial charge in [-0.15, -0.1) is 0 Å². The van der Waals surface area contributed by atoms with E-state index in [-0.39, 0.29) is 17.3 Å². The quantitative estimate of drug-likeness (QED) is 0.325. The molecule has 0 aliphatic rings. The smallest absolute Gasteiger partial charge is 0.293 e. The van der Waals surface area contributed by atoms with Crippen LogP contribution in [-0.2, 0) is 0 Å². The van der Waals surface area contributed by atoms with Crippen LogP contribution in [0.25, 0.3) is 0 Å². The van der Waals surface area contributed by atoms with Crippen LogP contribution in [-0.4, -0.2) is 10.9 Å². The summed E-state index contributed by atoms with van der Waals surface area (Å²) < 4.78 is 0.596. The van der Waals surface area contributed by atoms with E-state index in [0.29, 0.717) is 4.47 Å². The summed E-state index contributed by atoms with van der Waals surface area (Å²) >= 11 is 3.11. The first kappa shape index (κ1) is 10.5. The summed E-state index contributed by atoms with van der Waals surface area (Å²) in [4.78, 5) is 10.0. The molecule has 0 saturated carbocycles. The second kappa shape index (κ2) is 4.05. The zero-order valence-corrected chi connectivity index (χ0v) is 8.54. The highest BCUT2D eigenvalue weighted by molar-refractivity contribution is 9.10. The van der Waals surface area contributed by atoms with Gasteiger partial charge in [-0.1, -0.05) is 15.9 Å². The lowest BCUT2D eigenvalue weighted by Crippen LogP contribution is -2.21. The third kappa shape index (κ3) is 2.43. The number of nitrogens with zero attached hydrogens (tertiary/aromatic N) is 1. The number of nitro groups is 1. The molecule has 1 aromatic rings. The first-order valence-electron chi connectivity index (χ1n) is 3.55. The molecule has 0 unspecified atom stereocenters. The maximum absolute atomic E-state index is 10.6. The van der Waals surface area contributed by atoms with Crippen LogP contribution in [0.3, 0.4) is 0 Å². The molecule has 0 aliphatic carbocycles. The number of guanidine groups is 1. The summed E-state index contributed by atoms with van der Waals surface area (Å²) in [6, 6.07) is 4.44. The van der Waals surface area contributed by atoms with Crippen LogP contribution in [0.2, 0.25) is 0 Å². The van der Waals surface area contributed by atoms with Crippen LogP contribution in [0, 0.1) is 15.5 Å². The fourth-order valence-electron chi connectivity index (χ4n) is 0.907. The molecule has 0 spiro atoms. The van der Waals surface area contributed by atoms with Gasteiger partial charge in [0.25, 0.3) is 5.69 Å². The molecule has 0 atom stereocenters. The zero-order chi connectivity index (χ0) is 10.7. The van der Waals surface area contributed by atoms with Gasteiger partial charge in [-0.2, -0.15) is 0 Å². The van der Waals surface area contributed by atoms with Crippen LogP contribution >= 0.6 is 15.9 Å². The van der Waals surface area contributed by atoms with Gasteiger partial charge in [-0.25, -0.2) is 0 Å². The Morgan fingerprint density at radius 2 is 2.29 bits per heavy atom. The van der Waals surface area contributed by atoms with Gasteiger partial charge in [-0.05, 0) is 12.1 Å². The van der Waals surface area contributed by atoms with Gasteiger partial charge in [0.2, 0.25) is 0 Å². The molecule has 0 bridgehead atoms. The summed E-state index contributed by atoms with van der Waals surface area (Å²) in [5.74, 6) is -0.338. The molecule has 0 aliphatic heterocycles. The minimum atomic E-state index is -0.546.